The van der Waals surface area contributed by atoms with Crippen LogP contribution in [0.15, 0.2) is 48.8 Å². The van der Waals surface area contributed by atoms with Gasteiger partial charge in [0.15, 0.2) is 0 Å². The van der Waals surface area contributed by atoms with E-state index >= 15 is 0 Å². The van der Waals surface area contributed by atoms with Crippen LogP contribution in [0.5, 0.6) is 0 Å². The summed E-state index contributed by atoms with van der Waals surface area (Å²) in [5.74, 6) is -0.0636. The Bertz CT molecular complexity index is 932. The van der Waals surface area contributed by atoms with Crippen LogP contribution < -0.4 is 0 Å². The van der Waals surface area contributed by atoms with Gasteiger partial charge in [-0.1, -0.05) is 30.7 Å². The lowest BCUT2D eigenvalue weighted by Crippen LogP contribution is -2.42. The third-order valence-corrected chi connectivity index (χ3v) is 5.50. The predicted molar refractivity (Wildman–Crippen MR) is 99.4 cm³/mol. The van der Waals surface area contributed by atoms with Gasteiger partial charge in [-0.05, 0) is 49.9 Å². The van der Waals surface area contributed by atoms with Gasteiger partial charge in [0.25, 0.3) is 0 Å². The molecule has 1 aliphatic rings. The largest absolute Gasteiger partial charge is 0.481 e. The molecule has 4 rings (SSSR count). The molecule has 2 heterocycles. The number of rotatable bonds is 4. The molecule has 26 heavy (non-hydrogen) atoms. The van der Waals surface area contributed by atoms with E-state index in [1.807, 2.05) is 67.2 Å². The molecule has 0 amide bonds. The standard InChI is InChI=1S/C21H21N3O2/c1-14-4-5-15(2)24(14)20-22-12-17(13-23-20)16-6-8-18(9-7-16)21(19(25)26)10-3-11-21/h4-9,12-13H,3,10-11H2,1-2H3,(H,25,26). The molecule has 5 nitrogen and oxygen atoms in total. The number of hydrogen-bond donors (Lipinski definition) is 1. The third kappa shape index (κ3) is 2.51. The van der Waals surface area contributed by atoms with Crippen LogP contribution in [-0.4, -0.2) is 25.6 Å². The van der Waals surface area contributed by atoms with Crippen molar-refractivity contribution in [3.8, 4) is 17.1 Å². The van der Waals surface area contributed by atoms with E-state index in [-0.39, 0.29) is 0 Å². The minimum Gasteiger partial charge on any atom is -0.481 e. The SMILES string of the molecule is Cc1ccc(C)n1-c1ncc(-c2ccc(C3(C(=O)O)CCC3)cc2)cn1. The normalized spacial score (nSPS) is 15.5. The minimum atomic E-state index is -0.721. The topological polar surface area (TPSA) is 68.0 Å². The average molecular weight is 347 g/mol. The average Bonchev–Trinajstić information content (AvgIpc) is 2.93. The van der Waals surface area contributed by atoms with Crippen molar-refractivity contribution in [2.45, 2.75) is 38.5 Å². The van der Waals surface area contributed by atoms with Crippen molar-refractivity contribution in [1.29, 1.82) is 0 Å². The van der Waals surface area contributed by atoms with E-state index in [4.69, 9.17) is 0 Å². The lowest BCUT2D eigenvalue weighted by atomic mass is 9.64. The van der Waals surface area contributed by atoms with Gasteiger partial charge in [0, 0.05) is 29.3 Å². The Morgan fingerprint density at radius 3 is 2.00 bits per heavy atom. The summed E-state index contributed by atoms with van der Waals surface area (Å²) in [4.78, 5) is 20.6. The van der Waals surface area contributed by atoms with Crippen molar-refractivity contribution in [2.75, 3.05) is 0 Å². The second kappa shape index (κ2) is 6.09. The van der Waals surface area contributed by atoms with Gasteiger partial charge in [0.2, 0.25) is 5.95 Å². The molecule has 1 saturated carbocycles. The van der Waals surface area contributed by atoms with E-state index in [0.717, 1.165) is 47.3 Å². The number of carboxylic acid groups (broad SMARTS) is 1. The first kappa shape index (κ1) is 16.5. The monoisotopic (exact) mass is 347 g/mol. The summed E-state index contributed by atoms with van der Waals surface area (Å²) in [6, 6.07) is 11.9. The zero-order valence-corrected chi connectivity index (χ0v) is 14.9. The van der Waals surface area contributed by atoms with Crippen molar-refractivity contribution >= 4 is 5.97 Å². The van der Waals surface area contributed by atoms with E-state index in [0.29, 0.717) is 5.95 Å². The number of hydrogen-bond acceptors (Lipinski definition) is 3. The third-order valence-electron chi connectivity index (χ3n) is 5.50. The van der Waals surface area contributed by atoms with E-state index in [1.165, 1.54) is 0 Å². The fraction of sp³-hybridized carbons (Fsp3) is 0.286. The van der Waals surface area contributed by atoms with Crippen LogP contribution in [0.3, 0.4) is 0 Å². The summed E-state index contributed by atoms with van der Waals surface area (Å²) >= 11 is 0. The van der Waals surface area contributed by atoms with Gasteiger partial charge in [0.05, 0.1) is 5.41 Å². The smallest absolute Gasteiger partial charge is 0.314 e. The van der Waals surface area contributed by atoms with Gasteiger partial charge in [-0.15, -0.1) is 0 Å². The Hall–Kier alpha value is -2.95. The molecule has 0 bridgehead atoms. The predicted octanol–water partition coefficient (Wildman–Crippen LogP) is 4.06. The lowest BCUT2D eigenvalue weighted by molar-refractivity contribution is -0.147. The van der Waals surface area contributed by atoms with Crippen LogP contribution in [0.1, 0.15) is 36.2 Å². The number of carboxylic acids is 1. The number of benzene rings is 1. The molecule has 0 saturated heterocycles. The van der Waals surface area contributed by atoms with E-state index < -0.39 is 11.4 Å². The Kier molecular flexibility index (Phi) is 3.87. The van der Waals surface area contributed by atoms with Crippen LogP contribution in [0, 0.1) is 13.8 Å². The van der Waals surface area contributed by atoms with Gasteiger partial charge in [0.1, 0.15) is 0 Å². The van der Waals surface area contributed by atoms with Crippen molar-refractivity contribution in [2.24, 2.45) is 0 Å². The maximum atomic E-state index is 11.6. The number of nitrogens with zero attached hydrogens (tertiary/aromatic N) is 3. The summed E-state index contributed by atoms with van der Waals surface area (Å²) in [6.45, 7) is 4.06. The molecule has 132 valence electrons. The first-order valence-corrected chi connectivity index (χ1v) is 8.83. The molecule has 1 aliphatic carbocycles. The van der Waals surface area contributed by atoms with Crippen LogP contribution in [-0.2, 0) is 10.2 Å². The Morgan fingerprint density at radius 2 is 1.54 bits per heavy atom. The second-order valence-electron chi connectivity index (χ2n) is 7.04. The highest BCUT2D eigenvalue weighted by atomic mass is 16.4. The van der Waals surface area contributed by atoms with Crippen LogP contribution >= 0.6 is 0 Å². The molecule has 1 aromatic carbocycles. The van der Waals surface area contributed by atoms with Crippen molar-refractivity contribution in [1.82, 2.24) is 14.5 Å². The van der Waals surface area contributed by atoms with Gasteiger partial charge in [-0.3, -0.25) is 9.36 Å². The summed E-state index contributed by atoms with van der Waals surface area (Å²) in [7, 11) is 0. The maximum absolute atomic E-state index is 11.6. The highest BCUT2D eigenvalue weighted by molar-refractivity contribution is 5.83. The van der Waals surface area contributed by atoms with Crippen molar-refractivity contribution in [3.05, 3.63) is 65.7 Å². The molecule has 1 N–H and O–H groups in total. The van der Waals surface area contributed by atoms with Gasteiger partial charge >= 0.3 is 5.97 Å². The first-order valence-electron chi connectivity index (χ1n) is 8.83. The van der Waals surface area contributed by atoms with Crippen LogP contribution in [0.4, 0.5) is 0 Å². The van der Waals surface area contributed by atoms with E-state index in [1.54, 1.807) is 0 Å². The minimum absolute atomic E-state index is 0.657. The lowest BCUT2D eigenvalue weighted by Gasteiger charge is -2.38. The Morgan fingerprint density at radius 1 is 0.962 bits per heavy atom. The molecule has 2 aromatic heterocycles. The molecule has 3 aromatic rings. The number of aromatic nitrogens is 3. The number of aliphatic carboxylic acids is 1. The molecule has 0 aliphatic heterocycles. The number of aryl methyl sites for hydroxylation is 2. The van der Waals surface area contributed by atoms with Crippen molar-refractivity contribution < 1.29 is 9.90 Å². The van der Waals surface area contributed by atoms with Gasteiger partial charge in [-0.2, -0.15) is 0 Å². The second-order valence-corrected chi connectivity index (χ2v) is 7.04. The molecule has 0 atom stereocenters. The zero-order valence-electron chi connectivity index (χ0n) is 14.9. The molecular formula is C21H21N3O2. The molecule has 1 fully saturated rings. The number of carbonyl (C=O) groups is 1. The summed E-state index contributed by atoms with van der Waals surface area (Å²) in [6.07, 6.45) is 6.03. The van der Waals surface area contributed by atoms with Crippen LogP contribution in [0.2, 0.25) is 0 Å². The highest BCUT2D eigenvalue weighted by Crippen LogP contribution is 2.44. The molecule has 0 radical (unpaired) electrons. The fourth-order valence-electron chi connectivity index (χ4n) is 3.71. The Balaban J connectivity index is 1.61. The molecule has 0 unspecified atom stereocenters. The fourth-order valence-corrected chi connectivity index (χ4v) is 3.71. The van der Waals surface area contributed by atoms with Gasteiger partial charge < -0.3 is 5.11 Å². The molecule has 5 heteroatoms. The maximum Gasteiger partial charge on any atom is 0.314 e. The Labute approximate surface area is 152 Å². The summed E-state index contributed by atoms with van der Waals surface area (Å²) in [5, 5.41) is 9.57. The van der Waals surface area contributed by atoms with Crippen LogP contribution in [0.25, 0.3) is 17.1 Å². The van der Waals surface area contributed by atoms with Gasteiger partial charge in [-0.25, -0.2) is 9.97 Å². The molecule has 0 spiro atoms. The highest BCUT2D eigenvalue weighted by Gasteiger charge is 2.45. The first-order chi connectivity index (χ1) is 12.5. The van der Waals surface area contributed by atoms with E-state index in [9.17, 15) is 9.90 Å². The van der Waals surface area contributed by atoms with Crippen molar-refractivity contribution in [3.63, 3.8) is 0 Å². The summed E-state index contributed by atoms with van der Waals surface area (Å²) in [5.41, 5.74) is 4.29. The van der Waals surface area contributed by atoms with E-state index in [2.05, 4.69) is 9.97 Å². The molecular weight excluding hydrogens is 326 g/mol. The quantitative estimate of drug-likeness (QED) is 0.773. The zero-order chi connectivity index (χ0) is 18.3. The summed E-state index contributed by atoms with van der Waals surface area (Å²) < 4.78 is 2.01.